The summed E-state index contributed by atoms with van der Waals surface area (Å²) < 4.78 is 1.17. The van der Waals surface area contributed by atoms with Crippen molar-refractivity contribution in [2.45, 2.75) is 19.8 Å². The monoisotopic (exact) mass is 347 g/mol. The molecule has 3 nitrogen and oxygen atoms in total. The standard InChI is InChI=1S/C21H17NO2S/c1-12(2)13-7-8-17-15(9-13)16(21(23)24)11-18(22-17)20-10-14-5-3-4-6-19(14)25-20/h3-12H,1-2H3,(H,23,24). The average molecular weight is 347 g/mol. The van der Waals surface area contributed by atoms with Crippen molar-refractivity contribution in [3.63, 3.8) is 0 Å². The molecule has 0 spiro atoms. The van der Waals surface area contributed by atoms with E-state index in [1.807, 2.05) is 30.3 Å². The summed E-state index contributed by atoms with van der Waals surface area (Å²) in [4.78, 5) is 17.5. The number of fused-ring (bicyclic) bond motifs is 2. The number of aromatic nitrogens is 1. The summed E-state index contributed by atoms with van der Waals surface area (Å²) in [5.41, 5.74) is 2.85. The molecule has 4 rings (SSSR count). The van der Waals surface area contributed by atoms with Gasteiger partial charge in [-0.2, -0.15) is 0 Å². The fraction of sp³-hybridized carbons (Fsp3) is 0.143. The van der Waals surface area contributed by atoms with Gasteiger partial charge in [0.15, 0.2) is 0 Å². The minimum absolute atomic E-state index is 0.306. The van der Waals surface area contributed by atoms with Gasteiger partial charge in [-0.1, -0.05) is 38.1 Å². The Labute approximate surface area is 149 Å². The molecule has 4 aromatic rings. The van der Waals surface area contributed by atoms with Crippen molar-refractivity contribution in [2.24, 2.45) is 0 Å². The maximum absolute atomic E-state index is 11.8. The van der Waals surface area contributed by atoms with Gasteiger partial charge in [0.2, 0.25) is 0 Å². The van der Waals surface area contributed by atoms with E-state index in [0.29, 0.717) is 22.6 Å². The first-order valence-corrected chi connectivity index (χ1v) is 9.01. The molecule has 0 saturated carbocycles. The number of aromatic carboxylic acids is 1. The molecule has 124 valence electrons. The second-order valence-corrected chi connectivity index (χ2v) is 7.52. The Kier molecular flexibility index (Phi) is 3.77. The molecular weight excluding hydrogens is 330 g/mol. The summed E-state index contributed by atoms with van der Waals surface area (Å²) in [7, 11) is 0. The van der Waals surface area contributed by atoms with Crippen LogP contribution in [0.15, 0.2) is 54.6 Å². The highest BCUT2D eigenvalue weighted by Gasteiger charge is 2.15. The minimum Gasteiger partial charge on any atom is -0.478 e. The van der Waals surface area contributed by atoms with Gasteiger partial charge in [0.05, 0.1) is 21.7 Å². The molecule has 0 atom stereocenters. The number of carboxylic acid groups (broad SMARTS) is 1. The Bertz CT molecular complexity index is 1080. The van der Waals surface area contributed by atoms with Gasteiger partial charge < -0.3 is 5.11 Å². The molecule has 0 amide bonds. The topological polar surface area (TPSA) is 50.2 Å². The van der Waals surface area contributed by atoms with E-state index in [1.54, 1.807) is 17.4 Å². The summed E-state index contributed by atoms with van der Waals surface area (Å²) in [6.07, 6.45) is 0. The maximum atomic E-state index is 11.8. The van der Waals surface area contributed by atoms with Crippen molar-refractivity contribution in [2.75, 3.05) is 0 Å². The number of nitrogens with zero attached hydrogens (tertiary/aromatic N) is 1. The molecule has 4 heteroatoms. The molecule has 0 aliphatic carbocycles. The number of carboxylic acids is 1. The third kappa shape index (κ3) is 2.79. The van der Waals surface area contributed by atoms with Crippen molar-refractivity contribution in [3.05, 3.63) is 65.7 Å². The van der Waals surface area contributed by atoms with Gasteiger partial charge in [0, 0.05) is 10.1 Å². The predicted octanol–water partition coefficient (Wildman–Crippen LogP) is 5.94. The molecule has 0 unspecified atom stereocenters. The zero-order valence-corrected chi connectivity index (χ0v) is 14.8. The van der Waals surface area contributed by atoms with Crippen LogP contribution in [0.5, 0.6) is 0 Å². The van der Waals surface area contributed by atoms with Gasteiger partial charge >= 0.3 is 5.97 Å². The molecule has 2 aromatic heterocycles. The Morgan fingerprint density at radius 1 is 1.08 bits per heavy atom. The zero-order chi connectivity index (χ0) is 17.6. The lowest BCUT2D eigenvalue weighted by Crippen LogP contribution is -2.01. The van der Waals surface area contributed by atoms with Gasteiger partial charge in [-0.3, -0.25) is 0 Å². The van der Waals surface area contributed by atoms with Crippen LogP contribution in [-0.4, -0.2) is 16.1 Å². The first-order chi connectivity index (χ1) is 12.0. The Hall–Kier alpha value is -2.72. The lowest BCUT2D eigenvalue weighted by Gasteiger charge is -2.10. The largest absolute Gasteiger partial charge is 0.478 e. The molecule has 0 saturated heterocycles. The number of hydrogen-bond acceptors (Lipinski definition) is 3. The molecule has 2 heterocycles. The van der Waals surface area contributed by atoms with Crippen LogP contribution in [-0.2, 0) is 0 Å². The normalized spacial score (nSPS) is 11.5. The summed E-state index contributed by atoms with van der Waals surface area (Å²) in [5.74, 6) is -0.580. The van der Waals surface area contributed by atoms with Crippen LogP contribution >= 0.6 is 11.3 Å². The zero-order valence-electron chi connectivity index (χ0n) is 14.0. The average Bonchev–Trinajstić information content (AvgIpc) is 3.04. The van der Waals surface area contributed by atoms with E-state index < -0.39 is 5.97 Å². The second-order valence-electron chi connectivity index (χ2n) is 6.44. The van der Waals surface area contributed by atoms with E-state index in [9.17, 15) is 9.90 Å². The van der Waals surface area contributed by atoms with E-state index in [4.69, 9.17) is 4.98 Å². The van der Waals surface area contributed by atoms with Crippen molar-refractivity contribution in [1.29, 1.82) is 0 Å². The molecule has 2 aromatic carbocycles. The van der Waals surface area contributed by atoms with Crippen LogP contribution < -0.4 is 0 Å². The van der Waals surface area contributed by atoms with Crippen LogP contribution in [0.3, 0.4) is 0 Å². The van der Waals surface area contributed by atoms with Crippen molar-refractivity contribution in [3.8, 4) is 10.6 Å². The Balaban J connectivity index is 1.96. The SMILES string of the molecule is CC(C)c1ccc2nc(-c3cc4ccccc4s3)cc(C(=O)O)c2c1. The second kappa shape index (κ2) is 5.97. The Morgan fingerprint density at radius 3 is 2.60 bits per heavy atom. The number of thiophene rings is 1. The number of rotatable bonds is 3. The highest BCUT2D eigenvalue weighted by molar-refractivity contribution is 7.22. The molecule has 25 heavy (non-hydrogen) atoms. The van der Waals surface area contributed by atoms with Crippen molar-refractivity contribution < 1.29 is 9.90 Å². The molecule has 0 bridgehead atoms. The van der Waals surface area contributed by atoms with Gasteiger partial charge in [-0.25, -0.2) is 9.78 Å². The highest BCUT2D eigenvalue weighted by Crippen LogP contribution is 2.34. The molecule has 0 aliphatic heterocycles. The van der Waals surface area contributed by atoms with E-state index in [0.717, 1.165) is 21.3 Å². The number of hydrogen-bond donors (Lipinski definition) is 1. The lowest BCUT2D eigenvalue weighted by molar-refractivity contribution is 0.0699. The third-order valence-corrected chi connectivity index (χ3v) is 5.55. The number of benzene rings is 2. The van der Waals surface area contributed by atoms with Gasteiger partial charge in [-0.15, -0.1) is 11.3 Å². The van der Waals surface area contributed by atoms with Crippen LogP contribution in [0.25, 0.3) is 31.6 Å². The third-order valence-electron chi connectivity index (χ3n) is 4.41. The van der Waals surface area contributed by atoms with Crippen LogP contribution in [0.4, 0.5) is 0 Å². The maximum Gasteiger partial charge on any atom is 0.336 e. The Morgan fingerprint density at radius 2 is 1.88 bits per heavy atom. The van der Waals surface area contributed by atoms with Crippen LogP contribution in [0, 0.1) is 0 Å². The van der Waals surface area contributed by atoms with E-state index >= 15 is 0 Å². The summed E-state index contributed by atoms with van der Waals surface area (Å²) in [6, 6.07) is 17.8. The fourth-order valence-corrected chi connectivity index (χ4v) is 4.04. The fourth-order valence-electron chi connectivity index (χ4n) is 3.01. The quantitative estimate of drug-likeness (QED) is 0.499. The summed E-state index contributed by atoms with van der Waals surface area (Å²) >= 11 is 1.63. The lowest BCUT2D eigenvalue weighted by atomic mass is 9.98. The van der Waals surface area contributed by atoms with Gasteiger partial charge in [0.25, 0.3) is 0 Å². The van der Waals surface area contributed by atoms with E-state index in [1.165, 1.54) is 4.70 Å². The smallest absolute Gasteiger partial charge is 0.336 e. The van der Waals surface area contributed by atoms with Gasteiger partial charge in [-0.05, 0) is 47.2 Å². The predicted molar refractivity (Wildman–Crippen MR) is 104 cm³/mol. The molecular formula is C21H17NO2S. The first-order valence-electron chi connectivity index (χ1n) is 8.20. The summed E-state index contributed by atoms with van der Waals surface area (Å²) in [5, 5.41) is 11.5. The summed E-state index contributed by atoms with van der Waals surface area (Å²) in [6.45, 7) is 4.20. The highest BCUT2D eigenvalue weighted by atomic mass is 32.1. The van der Waals surface area contributed by atoms with Crippen molar-refractivity contribution >= 4 is 38.3 Å². The molecule has 0 radical (unpaired) electrons. The first kappa shape index (κ1) is 15.8. The molecule has 0 aliphatic rings. The molecule has 0 fully saturated rings. The van der Waals surface area contributed by atoms with Crippen molar-refractivity contribution in [1.82, 2.24) is 4.98 Å². The van der Waals surface area contributed by atoms with Gasteiger partial charge in [0.1, 0.15) is 0 Å². The number of pyridine rings is 1. The van der Waals surface area contributed by atoms with E-state index in [-0.39, 0.29) is 0 Å². The number of carbonyl (C=O) groups is 1. The van der Waals surface area contributed by atoms with E-state index in [2.05, 4.69) is 32.0 Å². The molecule has 1 N–H and O–H groups in total. The van der Waals surface area contributed by atoms with Crippen LogP contribution in [0.1, 0.15) is 35.7 Å². The van der Waals surface area contributed by atoms with Crippen LogP contribution in [0.2, 0.25) is 0 Å². The minimum atomic E-state index is -0.921.